The van der Waals surface area contributed by atoms with Crippen LogP contribution in [-0.4, -0.2) is 27.1 Å². The molecule has 0 saturated heterocycles. The standard InChI is InChI=1S/C15H17N3O3/c1-4-21-14(19)13-10-6-5-9-7-16-15(20)17-12(9)11(10)8(2)18(13)3/h7H,4-6H2,1-3H3,(H,16,17,20). The Labute approximate surface area is 121 Å². The molecule has 0 atom stereocenters. The van der Waals surface area contributed by atoms with Crippen LogP contribution in [-0.2, 0) is 24.6 Å². The van der Waals surface area contributed by atoms with Gasteiger partial charge in [-0.1, -0.05) is 0 Å². The number of ether oxygens (including phenoxy) is 1. The van der Waals surface area contributed by atoms with Crippen LogP contribution in [0.25, 0.3) is 11.3 Å². The first-order chi connectivity index (χ1) is 10.0. The third kappa shape index (κ3) is 1.98. The van der Waals surface area contributed by atoms with E-state index >= 15 is 0 Å². The molecule has 0 spiro atoms. The largest absolute Gasteiger partial charge is 0.461 e. The van der Waals surface area contributed by atoms with Crippen molar-refractivity contribution in [2.24, 2.45) is 7.05 Å². The molecule has 1 aliphatic carbocycles. The van der Waals surface area contributed by atoms with Crippen molar-refractivity contribution in [3.63, 3.8) is 0 Å². The number of hydrogen-bond acceptors (Lipinski definition) is 4. The molecular weight excluding hydrogens is 270 g/mol. The van der Waals surface area contributed by atoms with Gasteiger partial charge in [-0.15, -0.1) is 0 Å². The summed E-state index contributed by atoms with van der Waals surface area (Å²) in [4.78, 5) is 30.3. The lowest BCUT2D eigenvalue weighted by molar-refractivity contribution is 0.0513. The van der Waals surface area contributed by atoms with E-state index in [-0.39, 0.29) is 11.7 Å². The fourth-order valence-electron chi connectivity index (χ4n) is 3.00. The molecule has 0 unspecified atom stereocenters. The zero-order valence-electron chi connectivity index (χ0n) is 12.3. The minimum atomic E-state index is -0.373. The van der Waals surface area contributed by atoms with Crippen LogP contribution in [0.5, 0.6) is 0 Å². The van der Waals surface area contributed by atoms with E-state index in [0.717, 1.165) is 40.9 Å². The van der Waals surface area contributed by atoms with Crippen molar-refractivity contribution in [1.29, 1.82) is 0 Å². The number of aromatic amines is 1. The van der Waals surface area contributed by atoms with Crippen LogP contribution in [0.3, 0.4) is 0 Å². The zero-order valence-corrected chi connectivity index (χ0v) is 12.3. The van der Waals surface area contributed by atoms with Gasteiger partial charge in [-0.25, -0.2) is 14.6 Å². The monoisotopic (exact) mass is 287 g/mol. The molecule has 0 bridgehead atoms. The van der Waals surface area contributed by atoms with Crippen molar-refractivity contribution in [3.8, 4) is 11.3 Å². The Morgan fingerprint density at radius 3 is 2.95 bits per heavy atom. The Morgan fingerprint density at radius 2 is 2.24 bits per heavy atom. The second-order valence-corrected chi connectivity index (χ2v) is 5.16. The average Bonchev–Trinajstić information content (AvgIpc) is 2.71. The molecule has 110 valence electrons. The molecule has 0 aliphatic heterocycles. The van der Waals surface area contributed by atoms with E-state index in [9.17, 15) is 9.59 Å². The second kappa shape index (κ2) is 4.87. The molecule has 21 heavy (non-hydrogen) atoms. The second-order valence-electron chi connectivity index (χ2n) is 5.16. The Bertz CT molecular complexity index is 786. The number of aryl methyl sites for hydroxylation is 1. The van der Waals surface area contributed by atoms with Gasteiger partial charge in [-0.3, -0.25) is 0 Å². The van der Waals surface area contributed by atoms with Crippen molar-refractivity contribution in [2.45, 2.75) is 26.7 Å². The number of carbonyl (C=O) groups is 1. The molecule has 0 fully saturated rings. The molecule has 0 radical (unpaired) electrons. The third-order valence-corrected chi connectivity index (χ3v) is 4.04. The van der Waals surface area contributed by atoms with Gasteiger partial charge in [-0.2, -0.15) is 0 Å². The van der Waals surface area contributed by atoms with E-state index in [1.807, 2.05) is 18.5 Å². The fourth-order valence-corrected chi connectivity index (χ4v) is 3.00. The summed E-state index contributed by atoms with van der Waals surface area (Å²) in [6.45, 7) is 4.07. The van der Waals surface area contributed by atoms with Gasteiger partial charge in [0.1, 0.15) is 5.69 Å². The SMILES string of the molecule is CCOC(=O)c1c2c(c(C)n1C)-c1[nH]c(=O)ncc1CC2. The molecule has 1 aliphatic rings. The Hall–Kier alpha value is -2.37. The summed E-state index contributed by atoms with van der Waals surface area (Å²) in [5.41, 5.74) is 4.81. The molecule has 6 nitrogen and oxygen atoms in total. The van der Waals surface area contributed by atoms with E-state index in [0.29, 0.717) is 12.3 Å². The lowest BCUT2D eigenvalue weighted by Gasteiger charge is -2.16. The lowest BCUT2D eigenvalue weighted by atomic mass is 9.90. The molecule has 2 aromatic rings. The summed E-state index contributed by atoms with van der Waals surface area (Å²) in [6.07, 6.45) is 3.11. The van der Waals surface area contributed by atoms with Crippen molar-refractivity contribution in [1.82, 2.24) is 14.5 Å². The number of hydrogen-bond donors (Lipinski definition) is 1. The third-order valence-electron chi connectivity index (χ3n) is 4.04. The van der Waals surface area contributed by atoms with E-state index in [2.05, 4.69) is 9.97 Å². The zero-order chi connectivity index (χ0) is 15.1. The van der Waals surface area contributed by atoms with E-state index in [4.69, 9.17) is 4.74 Å². The van der Waals surface area contributed by atoms with Gasteiger partial charge in [0, 0.05) is 24.5 Å². The number of rotatable bonds is 2. The predicted octanol–water partition coefficient (Wildman–Crippen LogP) is 1.36. The summed E-state index contributed by atoms with van der Waals surface area (Å²) >= 11 is 0. The highest BCUT2D eigenvalue weighted by Crippen LogP contribution is 2.37. The van der Waals surface area contributed by atoms with Crippen molar-refractivity contribution < 1.29 is 9.53 Å². The number of fused-ring (bicyclic) bond motifs is 3. The maximum atomic E-state index is 12.2. The average molecular weight is 287 g/mol. The first-order valence-corrected chi connectivity index (χ1v) is 6.98. The van der Waals surface area contributed by atoms with Crippen LogP contribution in [0, 0.1) is 6.92 Å². The van der Waals surface area contributed by atoms with E-state index in [1.54, 1.807) is 13.1 Å². The quantitative estimate of drug-likeness (QED) is 0.846. The van der Waals surface area contributed by atoms with Gasteiger partial charge < -0.3 is 14.3 Å². The summed E-state index contributed by atoms with van der Waals surface area (Å²) in [5.74, 6) is -0.316. The smallest absolute Gasteiger partial charge is 0.355 e. The first-order valence-electron chi connectivity index (χ1n) is 6.98. The summed E-state index contributed by atoms with van der Waals surface area (Å²) in [6, 6.07) is 0. The van der Waals surface area contributed by atoms with Gasteiger partial charge in [0.15, 0.2) is 0 Å². The minimum absolute atomic E-state index is 0.316. The van der Waals surface area contributed by atoms with Crippen LogP contribution in [0.2, 0.25) is 0 Å². The van der Waals surface area contributed by atoms with Crippen LogP contribution >= 0.6 is 0 Å². The molecule has 2 heterocycles. The van der Waals surface area contributed by atoms with Crippen LogP contribution < -0.4 is 5.69 Å². The van der Waals surface area contributed by atoms with Gasteiger partial charge >= 0.3 is 11.7 Å². The Balaban J connectivity index is 2.26. The predicted molar refractivity (Wildman–Crippen MR) is 77.4 cm³/mol. The molecule has 2 aromatic heterocycles. The highest BCUT2D eigenvalue weighted by molar-refractivity contribution is 5.94. The summed E-state index contributed by atoms with van der Waals surface area (Å²) in [5, 5.41) is 0. The first kappa shape index (κ1) is 13.6. The molecule has 0 aromatic carbocycles. The van der Waals surface area contributed by atoms with Crippen molar-refractivity contribution in [3.05, 3.63) is 39.2 Å². The highest BCUT2D eigenvalue weighted by Gasteiger charge is 2.29. The van der Waals surface area contributed by atoms with Crippen molar-refractivity contribution >= 4 is 5.97 Å². The molecule has 0 saturated carbocycles. The lowest BCUT2D eigenvalue weighted by Crippen LogP contribution is -2.17. The van der Waals surface area contributed by atoms with Crippen LogP contribution in [0.4, 0.5) is 0 Å². The van der Waals surface area contributed by atoms with Gasteiger partial charge in [-0.05, 0) is 37.8 Å². The highest BCUT2D eigenvalue weighted by atomic mass is 16.5. The van der Waals surface area contributed by atoms with Gasteiger partial charge in [0.2, 0.25) is 0 Å². The molecule has 1 N–H and O–H groups in total. The summed E-state index contributed by atoms with van der Waals surface area (Å²) in [7, 11) is 1.85. The maximum absolute atomic E-state index is 12.2. The molecule has 6 heteroatoms. The fraction of sp³-hybridized carbons (Fsp3) is 0.400. The molecule has 0 amide bonds. The minimum Gasteiger partial charge on any atom is -0.461 e. The number of carbonyl (C=O) groups excluding carboxylic acids is 1. The van der Waals surface area contributed by atoms with E-state index < -0.39 is 0 Å². The Kier molecular flexibility index (Phi) is 3.16. The summed E-state index contributed by atoms with van der Waals surface area (Å²) < 4.78 is 7.00. The number of esters is 1. The number of nitrogens with one attached hydrogen (secondary N) is 1. The van der Waals surface area contributed by atoms with Crippen molar-refractivity contribution in [2.75, 3.05) is 6.61 Å². The molecular formula is C15H17N3O3. The van der Waals surface area contributed by atoms with E-state index in [1.165, 1.54) is 0 Å². The molecule has 3 rings (SSSR count). The normalized spacial score (nSPS) is 12.7. The Morgan fingerprint density at radius 1 is 1.48 bits per heavy atom. The van der Waals surface area contributed by atoms with Crippen LogP contribution in [0.1, 0.15) is 34.2 Å². The van der Waals surface area contributed by atoms with Gasteiger partial charge in [0.05, 0.1) is 12.3 Å². The number of aromatic nitrogens is 3. The topological polar surface area (TPSA) is 77.0 Å². The number of H-pyrrole nitrogens is 1. The van der Waals surface area contributed by atoms with Crippen LogP contribution in [0.15, 0.2) is 11.0 Å². The van der Waals surface area contributed by atoms with Gasteiger partial charge in [0.25, 0.3) is 0 Å². The maximum Gasteiger partial charge on any atom is 0.355 e. The number of nitrogens with zero attached hydrogens (tertiary/aromatic N) is 2.